The molecule has 1 aromatic carbocycles. The summed E-state index contributed by atoms with van der Waals surface area (Å²) in [6.45, 7) is 9.51. The fraction of sp³-hybridized carbons (Fsp3) is 0.389. The number of aromatic nitrogens is 1. The maximum atomic E-state index is 5.85. The van der Waals surface area contributed by atoms with Crippen molar-refractivity contribution in [3.05, 3.63) is 58.9 Å². The third-order valence-electron chi connectivity index (χ3n) is 3.48. The molecule has 2 N–H and O–H groups in total. The predicted octanol–water partition coefficient (Wildman–Crippen LogP) is 3.73. The molecule has 3 heteroatoms. The monoisotopic (exact) mass is 284 g/mol. The molecule has 0 saturated heterocycles. The molecular weight excluding hydrogens is 260 g/mol. The first-order valence-electron chi connectivity index (χ1n) is 7.29. The number of nitrogens with zero attached hydrogens (tertiary/aromatic N) is 1. The second-order valence-corrected chi connectivity index (χ2v) is 6.34. The Kier molecular flexibility index (Phi) is 4.63. The molecule has 3 nitrogen and oxygen atoms in total. The van der Waals surface area contributed by atoms with Gasteiger partial charge in [0.25, 0.3) is 0 Å². The van der Waals surface area contributed by atoms with E-state index in [4.69, 9.17) is 10.5 Å². The highest BCUT2D eigenvalue weighted by atomic mass is 16.5. The number of hydrogen-bond acceptors (Lipinski definition) is 3. The first kappa shape index (κ1) is 15.5. The van der Waals surface area contributed by atoms with Gasteiger partial charge in [-0.15, -0.1) is 0 Å². The molecule has 1 aromatic heterocycles. The second-order valence-electron chi connectivity index (χ2n) is 6.34. The molecule has 0 atom stereocenters. The van der Waals surface area contributed by atoms with Gasteiger partial charge in [0.15, 0.2) is 0 Å². The zero-order valence-corrected chi connectivity index (χ0v) is 13.3. The van der Waals surface area contributed by atoms with Crippen LogP contribution in [0.5, 0.6) is 5.75 Å². The van der Waals surface area contributed by atoms with E-state index < -0.39 is 0 Å². The lowest BCUT2D eigenvalue weighted by atomic mass is 9.87. The van der Waals surface area contributed by atoms with Gasteiger partial charge in [-0.1, -0.05) is 45.0 Å². The maximum absolute atomic E-state index is 5.85. The van der Waals surface area contributed by atoms with Crippen LogP contribution in [0.15, 0.2) is 36.4 Å². The average molecular weight is 284 g/mol. The van der Waals surface area contributed by atoms with Crippen LogP contribution in [0.25, 0.3) is 0 Å². The summed E-state index contributed by atoms with van der Waals surface area (Å²) in [5.74, 6) is 0.767. The lowest BCUT2D eigenvalue weighted by Gasteiger charge is -2.19. The summed E-state index contributed by atoms with van der Waals surface area (Å²) in [5.41, 5.74) is 10.1. The SMILES string of the molecule is Cc1ccc(OCc2ccc(C(C)(C)C)cc2)c(CN)n1. The zero-order chi connectivity index (χ0) is 15.5. The Labute approximate surface area is 127 Å². The van der Waals surface area contributed by atoms with Gasteiger partial charge in [-0.2, -0.15) is 0 Å². The summed E-state index contributed by atoms with van der Waals surface area (Å²) < 4.78 is 5.85. The van der Waals surface area contributed by atoms with Gasteiger partial charge in [0.05, 0.1) is 5.69 Å². The van der Waals surface area contributed by atoms with Crippen molar-refractivity contribution in [3.63, 3.8) is 0 Å². The fourth-order valence-corrected chi connectivity index (χ4v) is 2.14. The van der Waals surface area contributed by atoms with Gasteiger partial charge in [0.1, 0.15) is 12.4 Å². The summed E-state index contributed by atoms with van der Waals surface area (Å²) in [6, 6.07) is 12.4. The van der Waals surface area contributed by atoms with Crippen molar-refractivity contribution >= 4 is 0 Å². The Morgan fingerprint density at radius 3 is 2.29 bits per heavy atom. The molecule has 0 saturated carbocycles. The third-order valence-corrected chi connectivity index (χ3v) is 3.48. The number of aryl methyl sites for hydroxylation is 1. The van der Waals surface area contributed by atoms with E-state index in [0.717, 1.165) is 22.7 Å². The summed E-state index contributed by atoms with van der Waals surface area (Å²) in [7, 11) is 0. The maximum Gasteiger partial charge on any atom is 0.142 e. The van der Waals surface area contributed by atoms with Gasteiger partial charge >= 0.3 is 0 Å². The number of ether oxygens (including phenoxy) is 1. The molecule has 0 radical (unpaired) electrons. The average Bonchev–Trinajstić information content (AvgIpc) is 2.45. The van der Waals surface area contributed by atoms with E-state index in [-0.39, 0.29) is 5.41 Å². The molecular formula is C18H24N2O. The van der Waals surface area contributed by atoms with Gasteiger partial charge < -0.3 is 10.5 Å². The van der Waals surface area contributed by atoms with Crippen LogP contribution in [0.3, 0.4) is 0 Å². The molecule has 0 bridgehead atoms. The molecule has 0 fully saturated rings. The van der Waals surface area contributed by atoms with Crippen LogP contribution in [0.2, 0.25) is 0 Å². The Hall–Kier alpha value is -1.87. The van der Waals surface area contributed by atoms with Crippen molar-refractivity contribution in [1.29, 1.82) is 0 Å². The highest BCUT2D eigenvalue weighted by Gasteiger charge is 2.13. The Morgan fingerprint density at radius 2 is 1.71 bits per heavy atom. The molecule has 0 aliphatic rings. The van der Waals surface area contributed by atoms with Crippen molar-refractivity contribution < 1.29 is 4.74 Å². The number of hydrogen-bond donors (Lipinski definition) is 1. The summed E-state index contributed by atoms with van der Waals surface area (Å²) >= 11 is 0. The van der Waals surface area contributed by atoms with E-state index in [1.165, 1.54) is 5.56 Å². The number of nitrogens with two attached hydrogens (primary N) is 1. The minimum atomic E-state index is 0.174. The van der Waals surface area contributed by atoms with E-state index in [0.29, 0.717) is 13.2 Å². The van der Waals surface area contributed by atoms with Crippen LogP contribution in [0, 0.1) is 6.92 Å². The van der Waals surface area contributed by atoms with Crippen LogP contribution >= 0.6 is 0 Å². The lowest BCUT2D eigenvalue weighted by molar-refractivity contribution is 0.301. The summed E-state index contributed by atoms with van der Waals surface area (Å²) in [6.07, 6.45) is 0. The van der Waals surface area contributed by atoms with Gasteiger partial charge in [-0.05, 0) is 35.6 Å². The van der Waals surface area contributed by atoms with E-state index >= 15 is 0 Å². The second kappa shape index (κ2) is 6.27. The van der Waals surface area contributed by atoms with E-state index in [1.807, 2.05) is 19.1 Å². The molecule has 21 heavy (non-hydrogen) atoms. The lowest BCUT2D eigenvalue weighted by Crippen LogP contribution is -2.11. The first-order chi connectivity index (χ1) is 9.90. The third kappa shape index (κ3) is 4.05. The van der Waals surface area contributed by atoms with E-state index in [9.17, 15) is 0 Å². The number of pyridine rings is 1. The molecule has 112 valence electrons. The largest absolute Gasteiger partial charge is 0.487 e. The number of benzene rings is 1. The summed E-state index contributed by atoms with van der Waals surface area (Å²) in [4.78, 5) is 4.40. The number of rotatable bonds is 4. The molecule has 0 unspecified atom stereocenters. The summed E-state index contributed by atoms with van der Waals surface area (Å²) in [5, 5.41) is 0. The van der Waals surface area contributed by atoms with Gasteiger partial charge in [0, 0.05) is 12.2 Å². The normalized spacial score (nSPS) is 11.5. The molecule has 0 spiro atoms. The molecule has 0 amide bonds. The van der Waals surface area contributed by atoms with Crippen molar-refractivity contribution in [2.24, 2.45) is 5.73 Å². The van der Waals surface area contributed by atoms with Crippen molar-refractivity contribution in [2.75, 3.05) is 0 Å². The fourth-order valence-electron chi connectivity index (χ4n) is 2.14. The standard InChI is InChI=1S/C18H24N2O/c1-13-5-10-17(16(11-19)20-13)21-12-14-6-8-15(9-7-14)18(2,3)4/h5-10H,11-12,19H2,1-4H3. The van der Waals surface area contributed by atoms with Gasteiger partial charge in [-0.3, -0.25) is 4.98 Å². The Bertz CT molecular complexity index is 598. The zero-order valence-electron chi connectivity index (χ0n) is 13.3. The van der Waals surface area contributed by atoms with Crippen LogP contribution in [0.4, 0.5) is 0 Å². The molecule has 2 rings (SSSR count). The quantitative estimate of drug-likeness (QED) is 0.930. The minimum Gasteiger partial charge on any atom is -0.487 e. The van der Waals surface area contributed by atoms with Crippen molar-refractivity contribution in [1.82, 2.24) is 4.98 Å². The Morgan fingerprint density at radius 1 is 1.05 bits per heavy atom. The topological polar surface area (TPSA) is 48.1 Å². The van der Waals surface area contributed by atoms with Crippen LogP contribution in [0.1, 0.15) is 43.3 Å². The molecule has 1 heterocycles. The van der Waals surface area contributed by atoms with Crippen LogP contribution in [-0.2, 0) is 18.6 Å². The van der Waals surface area contributed by atoms with Gasteiger partial charge in [0.2, 0.25) is 0 Å². The minimum absolute atomic E-state index is 0.174. The highest BCUT2D eigenvalue weighted by Crippen LogP contribution is 2.23. The van der Waals surface area contributed by atoms with Gasteiger partial charge in [-0.25, -0.2) is 0 Å². The van der Waals surface area contributed by atoms with Crippen molar-refractivity contribution in [3.8, 4) is 5.75 Å². The Balaban J connectivity index is 2.07. The van der Waals surface area contributed by atoms with Crippen LogP contribution in [-0.4, -0.2) is 4.98 Å². The molecule has 0 aliphatic carbocycles. The predicted molar refractivity (Wildman–Crippen MR) is 86.3 cm³/mol. The van der Waals surface area contributed by atoms with Crippen LogP contribution < -0.4 is 10.5 Å². The smallest absolute Gasteiger partial charge is 0.142 e. The molecule has 2 aromatic rings. The molecule has 0 aliphatic heterocycles. The van der Waals surface area contributed by atoms with Crippen molar-refractivity contribution in [2.45, 2.75) is 46.3 Å². The van der Waals surface area contributed by atoms with E-state index in [1.54, 1.807) is 0 Å². The first-order valence-corrected chi connectivity index (χ1v) is 7.29. The van der Waals surface area contributed by atoms with E-state index in [2.05, 4.69) is 50.0 Å². The highest BCUT2D eigenvalue weighted by molar-refractivity contribution is 5.31.